The molecule has 0 aromatic carbocycles. The first-order valence-corrected chi connectivity index (χ1v) is 36.0. The quantitative estimate of drug-likeness (QED) is 0.0643. The van der Waals surface area contributed by atoms with E-state index in [9.17, 15) is 107 Å². The van der Waals surface area contributed by atoms with E-state index < -0.39 is 308 Å². The fourth-order valence-electron chi connectivity index (χ4n) is 12.8. The number of aliphatic hydroxyl groups excluding tert-OH is 39. The highest BCUT2D eigenvalue weighted by Gasteiger charge is 2.61. The first kappa shape index (κ1) is 117. The predicted molar refractivity (Wildman–Crippen MR) is 359 cm³/mol. The van der Waals surface area contributed by atoms with Crippen molar-refractivity contribution >= 4 is 24.6 Å². The van der Waals surface area contributed by atoms with Gasteiger partial charge in [0.05, 0.1) is 89.0 Å². The van der Waals surface area contributed by atoms with E-state index in [4.69, 9.17) is 178 Å². The maximum Gasteiger partial charge on any atom is 0.373 e. The van der Waals surface area contributed by atoms with Crippen molar-refractivity contribution in [1.82, 2.24) is 0 Å². The van der Waals surface area contributed by atoms with Crippen LogP contribution in [-0.2, 0) is 81.0 Å². The number of ether oxygens (including phenoxy) is 9. The van der Waals surface area contributed by atoms with Crippen molar-refractivity contribution in [2.75, 3.05) is 79.3 Å². The molecule has 40 N–H and O–H groups in total. The second-order valence-electron chi connectivity index (χ2n) is 28.0. The first-order valence-electron chi connectivity index (χ1n) is 36.0. The van der Waals surface area contributed by atoms with Gasteiger partial charge in [0.1, 0.15) is 178 Å². The molecular weight excluding hydrogens is 1680 g/mol. The van der Waals surface area contributed by atoms with Crippen molar-refractivity contribution < 1.29 is 285 Å². The molecule has 6 heterocycles. The van der Waals surface area contributed by atoms with Crippen LogP contribution in [0.5, 0.6) is 0 Å². The van der Waals surface area contributed by atoms with Gasteiger partial charge in [-0.05, 0) is 32.1 Å². The van der Waals surface area contributed by atoms with E-state index in [1.54, 1.807) is 0 Å². The van der Waals surface area contributed by atoms with Crippen LogP contribution < -0.4 is 0 Å². The van der Waals surface area contributed by atoms with Crippen LogP contribution in [0.25, 0.3) is 0 Å². The van der Waals surface area contributed by atoms with Gasteiger partial charge in [-0.3, -0.25) is 0 Å². The smallest absolute Gasteiger partial charge is 0.373 e. The summed E-state index contributed by atoms with van der Waals surface area (Å²) in [6.07, 6.45) is -48.3. The van der Waals surface area contributed by atoms with Crippen molar-refractivity contribution in [3.63, 3.8) is 0 Å². The fraction of sp³-hybridized carbons (Fsp3) is 0.938. The average Bonchev–Trinajstić information content (AvgIpc) is 1.63. The van der Waals surface area contributed by atoms with E-state index in [0.29, 0.717) is 12.8 Å². The second-order valence-corrected chi connectivity index (χ2v) is 28.0. The largest absolute Gasteiger partial charge is 0.396 e. The van der Waals surface area contributed by atoms with Gasteiger partial charge in [0, 0.05) is 37.6 Å². The normalized spacial score (nSPS) is 45.5. The Hall–Kier alpha value is -4.44. The van der Waals surface area contributed by atoms with Crippen LogP contribution in [0.15, 0.2) is 0 Å². The Labute approximate surface area is 681 Å². The number of hydrogen-bond donors (Lipinski definition) is 40. The summed E-state index contributed by atoms with van der Waals surface area (Å²) in [5.74, 6) is -5.83. The molecule has 712 valence electrons. The molecule has 0 unspecified atom stereocenters. The van der Waals surface area contributed by atoms with E-state index in [1.165, 1.54) is 0 Å². The highest BCUT2D eigenvalue weighted by atomic mass is 16.8. The second kappa shape index (κ2) is 56.7. The molecule has 0 aromatic rings. The van der Waals surface area contributed by atoms with Crippen molar-refractivity contribution in [3.8, 4) is 0 Å². The van der Waals surface area contributed by atoms with E-state index >= 15 is 0 Å². The monoisotopic (exact) mass is 1790 g/mol. The summed E-state index contributed by atoms with van der Waals surface area (Å²) < 4.78 is 46.0. The molecule has 57 heteroatoms. The summed E-state index contributed by atoms with van der Waals surface area (Å²) in [4.78, 5) is 65.0. The van der Waals surface area contributed by atoms with Gasteiger partial charge in [0.2, 0.25) is 11.6 Å². The van der Waals surface area contributed by atoms with E-state index in [1.807, 2.05) is 0 Å². The van der Waals surface area contributed by atoms with Gasteiger partial charge in [-0.15, -0.1) is 0 Å². The molecule has 0 amide bonds. The van der Waals surface area contributed by atoms with Gasteiger partial charge in [-0.2, -0.15) is 38.4 Å². The summed E-state index contributed by atoms with van der Waals surface area (Å²) in [5, 5.41) is 372. The lowest BCUT2D eigenvalue weighted by Crippen LogP contribution is -2.62. The molecule has 6 saturated heterocycles. The molecule has 6 aliphatic heterocycles. The van der Waals surface area contributed by atoms with Gasteiger partial charge in [0.25, 0.3) is 0 Å². The summed E-state index contributed by atoms with van der Waals surface area (Å²) >= 11 is 0. The molecule has 121 heavy (non-hydrogen) atoms. The molecule has 0 bridgehead atoms. The maximum absolute atomic E-state index is 10.00. The van der Waals surface area contributed by atoms with Crippen LogP contribution in [0.4, 0.5) is 0 Å². The first-order chi connectivity index (χ1) is 56.6. The van der Waals surface area contributed by atoms with Gasteiger partial charge in [-0.1, -0.05) is 0 Å². The minimum atomic E-state index is -2.22. The topological polar surface area (TPSA) is 1030 Å². The van der Waals surface area contributed by atoms with Crippen molar-refractivity contribution in [1.29, 1.82) is 0 Å². The Morgan fingerprint density at radius 1 is 0.273 bits per heavy atom. The Bertz CT molecular complexity index is 2840. The third-order valence-electron chi connectivity index (χ3n) is 20.1. The third-order valence-corrected chi connectivity index (χ3v) is 20.1. The molecule has 0 spiro atoms. The van der Waals surface area contributed by atoms with Crippen LogP contribution in [0, 0.1) is 17.8 Å². The SMILES string of the molecule is O=C=O.O=C=O.O=C=O.O=C=O.OC[C@H]1C[C@@H](O)[C@@H](O)[C@@H]1O.OC[C@H]1C[C@H](O)[C@H](O)[C@@H](O)[C@@H]1O.OC[C@H]1C[C@](O)(CO)[C@@H](O)[C@@H]1O.OC[C@H]1O[C@@](CO)(O[C@H]2OC[C@@H](O)[C@H](O)[C@H]2O)[C@@H](O)[C@@H]1O.OC[C@H]1O[C@@](CO)(O[C@H]2O[C@H](CO)[C@@H](O)[C@H](O)[C@H]2O)[C@@H](O)[C@@H]1O.OC[C@H]1O[C@H](O[C@@H]2O[C@H](CO)[C@@H](O)[C@@H]2O)[C@H](O)[C@@H](O)[C@@H]1O.O[C@@H]1[C@@H](O)[C@@H](O)CC[C@H]1O. The lowest BCUT2D eigenvalue weighted by atomic mass is 9.81. The number of rotatable bonds is 17. The zero-order valence-corrected chi connectivity index (χ0v) is 63.4. The van der Waals surface area contributed by atoms with Crippen molar-refractivity contribution in [2.45, 2.75) is 276 Å². The Morgan fingerprint density at radius 3 is 0.868 bits per heavy atom. The van der Waals surface area contributed by atoms with Gasteiger partial charge >= 0.3 is 24.6 Å². The molecule has 43 atom stereocenters. The summed E-state index contributed by atoms with van der Waals surface area (Å²) in [5.41, 5.74) is -1.66. The Morgan fingerprint density at radius 2 is 0.554 bits per heavy atom. The highest BCUT2D eigenvalue weighted by molar-refractivity contribution is 5.21. The van der Waals surface area contributed by atoms with Gasteiger partial charge < -0.3 is 247 Å². The van der Waals surface area contributed by atoms with Gasteiger partial charge in [-0.25, -0.2) is 0 Å². The van der Waals surface area contributed by atoms with E-state index in [-0.39, 0.29) is 76.2 Å². The Kier molecular flexibility index (Phi) is 54.6. The maximum atomic E-state index is 10.00. The zero-order valence-electron chi connectivity index (χ0n) is 63.4. The number of carbonyl (C=O) groups excluding carboxylic acids is 8. The minimum Gasteiger partial charge on any atom is -0.396 e. The molecule has 0 aromatic heterocycles. The van der Waals surface area contributed by atoms with Crippen LogP contribution in [-0.4, -0.2) is 552 Å². The number of aliphatic hydroxyl groups is 40. The molecule has 4 aliphatic carbocycles. The van der Waals surface area contributed by atoms with Crippen LogP contribution in [0.1, 0.15) is 32.1 Å². The molecular formula is C64H114O57. The lowest BCUT2D eigenvalue weighted by molar-refractivity contribution is -0.383. The van der Waals surface area contributed by atoms with Crippen LogP contribution in [0.3, 0.4) is 0 Å². The molecule has 4 saturated carbocycles. The van der Waals surface area contributed by atoms with Crippen LogP contribution in [0.2, 0.25) is 0 Å². The highest BCUT2D eigenvalue weighted by Crippen LogP contribution is 2.39. The fourth-order valence-corrected chi connectivity index (χ4v) is 12.8. The minimum absolute atomic E-state index is 0.0162. The molecule has 57 nitrogen and oxygen atoms in total. The Balaban J connectivity index is 0.00000138. The molecule has 10 fully saturated rings. The van der Waals surface area contributed by atoms with E-state index in [0.717, 1.165) is 0 Å². The summed E-state index contributed by atoms with van der Waals surface area (Å²) in [6.45, 7) is -6.76. The van der Waals surface area contributed by atoms with Crippen molar-refractivity contribution in [2.24, 2.45) is 17.8 Å². The summed E-state index contributed by atoms with van der Waals surface area (Å²) in [6, 6.07) is 0. The van der Waals surface area contributed by atoms with Crippen molar-refractivity contribution in [3.05, 3.63) is 0 Å². The molecule has 0 radical (unpaired) electrons. The zero-order chi connectivity index (χ0) is 93.8. The van der Waals surface area contributed by atoms with Gasteiger partial charge in [0.15, 0.2) is 25.2 Å². The van der Waals surface area contributed by atoms with E-state index in [2.05, 4.69) is 0 Å². The molecule has 10 rings (SSSR count). The number of hydrogen-bond acceptors (Lipinski definition) is 57. The van der Waals surface area contributed by atoms with Crippen LogP contribution >= 0.6 is 0 Å². The lowest BCUT2D eigenvalue weighted by Gasteiger charge is -2.43. The third kappa shape index (κ3) is 31.5. The predicted octanol–water partition coefficient (Wildman–Crippen LogP) is -26.1. The standard InChI is InChI=1S/C12H22O11.2C11H20O10.2C7H14O5.2C6H12O4.4CO2/c13-1-4-6(16)8(18)9(19)11(21-4)23-12(3-15)10(20)7(17)5(2-14)22-12;12-1-5-7(16)9(18)11(3-13,20-5)21-10-8(17)6(15)4(14)2-19-10;12-1-3-5(14)7(16)9(18)11(19-3)21-10-8(17)6(15)4(2-13)20-10;8-2-4-1-7(12,3-9)6(11)5(4)10;8-2-3-1-4(9)6(11)7(12)5(3)10;7-2-3-1-4(8)6(10)5(3)9;7-3-1-2-4(8)6(10)5(3)9;4*2-1-3/h4-11,13-20H,1-3H2;4-10,12-18H,1-3H2;3-18H,1-2H2;4-6,8-12H,1-3H2;3-12H,1-2H2;2*3-10H,1-2H2;;;;/t4-,5-,6-,7-,8+,9-,10+,11-,12+;4-,5-,6+,7-,8-,9+,10-,11+;3-,4-,5-,6-,7+,8+,9-,10+,11-;4-,5-,6+,7+;3-,4+,5-,6+,7+;3-,4-,5-,6-;3-,4+,5-,6-;;;;/m1111110..../s1. The average molecular weight is 1800 g/mol. The summed E-state index contributed by atoms with van der Waals surface area (Å²) in [7, 11) is 0. The molecule has 10 aliphatic rings.